The zero-order chi connectivity index (χ0) is 23.2. The van der Waals surface area contributed by atoms with Crippen LogP contribution in [0.2, 0.25) is 0 Å². The van der Waals surface area contributed by atoms with Gasteiger partial charge in [-0.05, 0) is 67.7 Å². The molecule has 1 aromatic carbocycles. The van der Waals surface area contributed by atoms with Crippen LogP contribution in [0.1, 0.15) is 48.3 Å². The summed E-state index contributed by atoms with van der Waals surface area (Å²) in [7, 11) is 0. The number of aryl methyl sites for hydroxylation is 2. The van der Waals surface area contributed by atoms with Crippen LogP contribution in [0, 0.1) is 36.3 Å². The zero-order valence-corrected chi connectivity index (χ0v) is 19.2. The molecule has 178 valence electrons. The van der Waals surface area contributed by atoms with Crippen LogP contribution < -0.4 is 4.90 Å². The van der Waals surface area contributed by atoms with Crippen LogP contribution in [0.15, 0.2) is 30.5 Å². The molecule has 0 amide bonds. The summed E-state index contributed by atoms with van der Waals surface area (Å²) in [6, 6.07) is 5.63. The molecule has 3 aromatic rings. The molecule has 1 unspecified atom stereocenters. The zero-order valence-electron chi connectivity index (χ0n) is 19.2. The number of benzene rings is 1. The maximum Gasteiger partial charge on any atom is 0.161 e. The van der Waals surface area contributed by atoms with E-state index in [2.05, 4.69) is 21.2 Å². The van der Waals surface area contributed by atoms with E-state index in [-0.39, 0.29) is 0 Å². The van der Waals surface area contributed by atoms with Crippen molar-refractivity contribution < 1.29 is 13.5 Å². The van der Waals surface area contributed by atoms with E-state index >= 15 is 0 Å². The minimum atomic E-state index is -0.616. The van der Waals surface area contributed by atoms with Crippen LogP contribution in [0.25, 0.3) is 0 Å². The number of nitrogens with zero attached hydrogens (tertiary/aromatic N) is 6. The highest BCUT2D eigenvalue weighted by molar-refractivity contribution is 5.45. The van der Waals surface area contributed by atoms with Gasteiger partial charge in [0.25, 0.3) is 0 Å². The number of anilines is 1. The normalized spacial score (nSPS) is 26.4. The lowest BCUT2D eigenvalue weighted by atomic mass is 9.82. The lowest BCUT2D eigenvalue weighted by Crippen LogP contribution is -2.43. The highest BCUT2D eigenvalue weighted by Crippen LogP contribution is 2.44. The van der Waals surface area contributed by atoms with Gasteiger partial charge in [-0.15, -0.1) is 0 Å². The maximum atomic E-state index is 13.9. The predicted octanol–water partition coefficient (Wildman–Crippen LogP) is 3.87. The Morgan fingerprint density at radius 3 is 2.56 bits per heavy atom. The Labute approximate surface area is 197 Å². The van der Waals surface area contributed by atoms with Crippen LogP contribution in [0.3, 0.4) is 0 Å². The first-order chi connectivity index (χ1) is 16.5. The van der Waals surface area contributed by atoms with Gasteiger partial charge >= 0.3 is 0 Å². The molecule has 4 heterocycles. The van der Waals surface area contributed by atoms with Gasteiger partial charge in [0.05, 0.1) is 17.6 Å². The first-order valence-electron chi connectivity index (χ1n) is 12.1. The average Bonchev–Trinajstić information content (AvgIpc) is 3.20. The Morgan fingerprint density at radius 2 is 1.82 bits per heavy atom. The second-order valence-corrected chi connectivity index (χ2v) is 9.84. The van der Waals surface area contributed by atoms with Crippen molar-refractivity contribution in [1.82, 2.24) is 25.0 Å². The molecule has 2 aromatic heterocycles. The molecule has 34 heavy (non-hydrogen) atoms. The van der Waals surface area contributed by atoms with E-state index in [4.69, 9.17) is 14.8 Å². The fourth-order valence-corrected chi connectivity index (χ4v) is 6.03. The molecular formula is C25H28F2N6O. The van der Waals surface area contributed by atoms with Crippen molar-refractivity contribution >= 4 is 5.69 Å². The molecule has 2 aliphatic heterocycles. The van der Waals surface area contributed by atoms with Crippen LogP contribution >= 0.6 is 0 Å². The third kappa shape index (κ3) is 4.06. The maximum absolute atomic E-state index is 13.9. The Kier molecular flexibility index (Phi) is 5.51. The van der Waals surface area contributed by atoms with Crippen molar-refractivity contribution in [1.29, 1.82) is 0 Å². The molecule has 1 saturated heterocycles. The van der Waals surface area contributed by atoms with Crippen LogP contribution in [-0.2, 0) is 17.7 Å². The number of rotatable bonds is 4. The molecule has 1 aliphatic carbocycles. The van der Waals surface area contributed by atoms with Crippen molar-refractivity contribution in [2.24, 2.45) is 17.8 Å². The Balaban J connectivity index is 1.22. The molecule has 3 aliphatic rings. The average molecular weight is 467 g/mol. The van der Waals surface area contributed by atoms with Gasteiger partial charge in [0.1, 0.15) is 17.7 Å². The third-order valence-corrected chi connectivity index (χ3v) is 7.54. The Hall–Kier alpha value is -2.94. The van der Waals surface area contributed by atoms with E-state index in [9.17, 15) is 8.78 Å². The number of hydrogen-bond acceptors (Lipinski definition) is 6. The summed E-state index contributed by atoms with van der Waals surface area (Å²) in [6.07, 6.45) is 5.27. The minimum Gasteiger partial charge on any atom is -0.370 e. The number of fused-ring (bicyclic) bond motifs is 3. The fraction of sp³-hybridized carbons (Fsp3) is 0.520. The molecular weight excluding hydrogens is 438 g/mol. The standard InChI is InChI=1S/C25H28F2N6O/c1-15-7-21(12-28-30-15)32-13-16-3-4-17(14-32)22(16)11-23-29-25-24(34-6-2-5-33(25)31-23)18-8-19(26)10-20(27)9-18/h7-10,12,16-17,22,24H,2-6,11,13-14H2,1H3/t16-,17+,22?,24-/m0/s1. The van der Waals surface area contributed by atoms with E-state index in [0.717, 1.165) is 49.2 Å². The van der Waals surface area contributed by atoms with E-state index in [0.29, 0.717) is 42.3 Å². The third-order valence-electron chi connectivity index (χ3n) is 7.54. The van der Waals surface area contributed by atoms with Gasteiger partial charge < -0.3 is 9.64 Å². The van der Waals surface area contributed by atoms with Crippen molar-refractivity contribution in [2.45, 2.75) is 45.3 Å². The fourth-order valence-electron chi connectivity index (χ4n) is 6.03. The topological polar surface area (TPSA) is 69.0 Å². The molecule has 0 N–H and O–H groups in total. The van der Waals surface area contributed by atoms with E-state index in [1.165, 1.54) is 25.0 Å². The summed E-state index contributed by atoms with van der Waals surface area (Å²) in [5, 5.41) is 13.0. The minimum absolute atomic E-state index is 0.439. The molecule has 0 radical (unpaired) electrons. The molecule has 1 saturated carbocycles. The van der Waals surface area contributed by atoms with E-state index in [1.807, 2.05) is 17.8 Å². The lowest BCUT2D eigenvalue weighted by Gasteiger charge is -2.39. The summed E-state index contributed by atoms with van der Waals surface area (Å²) < 4.78 is 35.6. The molecule has 6 rings (SSSR count). The summed E-state index contributed by atoms with van der Waals surface area (Å²) in [5.74, 6) is 1.92. The number of piperidine rings is 1. The molecule has 9 heteroatoms. The number of hydrogen-bond donors (Lipinski definition) is 0. The summed E-state index contributed by atoms with van der Waals surface area (Å²) in [5.41, 5.74) is 2.52. The first kappa shape index (κ1) is 21.6. The van der Waals surface area contributed by atoms with Gasteiger partial charge in [0.15, 0.2) is 11.6 Å². The second kappa shape index (κ2) is 8.69. The predicted molar refractivity (Wildman–Crippen MR) is 121 cm³/mol. The van der Waals surface area contributed by atoms with Crippen molar-refractivity contribution in [3.63, 3.8) is 0 Å². The van der Waals surface area contributed by atoms with Gasteiger partial charge in [0.2, 0.25) is 0 Å². The van der Waals surface area contributed by atoms with Gasteiger partial charge in [-0.1, -0.05) is 0 Å². The summed E-state index contributed by atoms with van der Waals surface area (Å²) in [6.45, 7) is 5.18. The van der Waals surface area contributed by atoms with Crippen LogP contribution in [0.4, 0.5) is 14.5 Å². The molecule has 7 nitrogen and oxygen atoms in total. The monoisotopic (exact) mass is 466 g/mol. The number of ether oxygens (including phenoxy) is 1. The van der Waals surface area contributed by atoms with Gasteiger partial charge in [-0.25, -0.2) is 18.4 Å². The quantitative estimate of drug-likeness (QED) is 0.582. The number of halogens is 2. The largest absolute Gasteiger partial charge is 0.370 e. The van der Waals surface area contributed by atoms with E-state index in [1.54, 1.807) is 0 Å². The summed E-state index contributed by atoms with van der Waals surface area (Å²) >= 11 is 0. The second-order valence-electron chi connectivity index (χ2n) is 9.84. The van der Waals surface area contributed by atoms with Crippen molar-refractivity contribution in [3.8, 4) is 0 Å². The van der Waals surface area contributed by atoms with Crippen LogP contribution in [0.5, 0.6) is 0 Å². The molecule has 2 bridgehead atoms. The SMILES string of the molecule is Cc1cc(N2C[C@H]3CC[C@@H](C2)C3Cc2nc3n(n2)CCCO[C@H]3c2cc(F)cc(F)c2)cnn1. The highest BCUT2D eigenvalue weighted by Gasteiger charge is 2.43. The van der Waals surface area contributed by atoms with Gasteiger partial charge in [-0.2, -0.15) is 15.3 Å². The van der Waals surface area contributed by atoms with Gasteiger partial charge in [-0.3, -0.25) is 0 Å². The van der Waals surface area contributed by atoms with Crippen molar-refractivity contribution in [3.05, 3.63) is 65.0 Å². The van der Waals surface area contributed by atoms with Crippen LogP contribution in [-0.4, -0.2) is 44.7 Å². The Morgan fingerprint density at radius 1 is 1.06 bits per heavy atom. The van der Waals surface area contributed by atoms with E-state index < -0.39 is 17.7 Å². The lowest BCUT2D eigenvalue weighted by molar-refractivity contribution is 0.0806. The number of aromatic nitrogens is 5. The molecule has 2 fully saturated rings. The van der Waals surface area contributed by atoms with Crippen molar-refractivity contribution in [2.75, 3.05) is 24.6 Å². The van der Waals surface area contributed by atoms with Gasteiger partial charge in [0, 0.05) is 38.7 Å². The highest BCUT2D eigenvalue weighted by atomic mass is 19.1. The Bertz CT molecular complexity index is 1170. The molecule has 4 atom stereocenters. The molecule has 0 spiro atoms. The first-order valence-corrected chi connectivity index (χ1v) is 12.1. The summed E-state index contributed by atoms with van der Waals surface area (Å²) in [4.78, 5) is 7.30. The smallest absolute Gasteiger partial charge is 0.161 e.